The molecule has 0 aliphatic carbocycles. The molecule has 0 unspecified atom stereocenters. The number of aromatic nitrogens is 2. The molecule has 0 aliphatic rings. The summed E-state index contributed by atoms with van der Waals surface area (Å²) in [6.07, 6.45) is 0. The minimum atomic E-state index is -4.05. The van der Waals surface area contributed by atoms with Crippen LogP contribution in [0.2, 0.25) is 0 Å². The zero-order valence-electron chi connectivity index (χ0n) is 13.7. The molecule has 0 spiro atoms. The van der Waals surface area contributed by atoms with Gasteiger partial charge in [0, 0.05) is 13.0 Å². The second-order valence-electron chi connectivity index (χ2n) is 5.33. The van der Waals surface area contributed by atoms with Gasteiger partial charge in [0.25, 0.3) is 20.3 Å². The Morgan fingerprint density at radius 2 is 1.84 bits per heavy atom. The number of carbonyl (C=O) groups is 2. The smallest absolute Gasteiger partial charge is 0.291 e. The Bertz CT molecular complexity index is 892. The number of para-hydroxylation sites is 1. The normalized spacial score (nSPS) is 11.2. The van der Waals surface area contributed by atoms with E-state index < -0.39 is 15.9 Å². The van der Waals surface area contributed by atoms with Crippen LogP contribution in [0.1, 0.15) is 31.1 Å². The number of benzene rings is 1. The van der Waals surface area contributed by atoms with Crippen LogP contribution in [0.3, 0.4) is 0 Å². The minimum absolute atomic E-state index is 0.0683. The lowest BCUT2D eigenvalue weighted by atomic mass is 10.1. The lowest BCUT2D eigenvalue weighted by Crippen LogP contribution is -2.31. The average molecular weight is 383 g/mol. The fourth-order valence-corrected chi connectivity index (χ4v) is 3.85. The molecule has 0 saturated carbocycles. The van der Waals surface area contributed by atoms with E-state index in [1.807, 2.05) is 0 Å². The van der Waals surface area contributed by atoms with Gasteiger partial charge in [-0.15, -0.1) is 10.2 Å². The van der Waals surface area contributed by atoms with Crippen LogP contribution in [0.25, 0.3) is 0 Å². The first kappa shape index (κ1) is 18.8. The molecular formula is C14H17N5O4S2. The quantitative estimate of drug-likeness (QED) is 0.647. The maximum absolute atomic E-state index is 12.5. The molecule has 134 valence electrons. The first-order valence-electron chi connectivity index (χ1n) is 7.23. The van der Waals surface area contributed by atoms with Gasteiger partial charge in [-0.05, 0) is 26.0 Å². The highest BCUT2D eigenvalue weighted by atomic mass is 32.2. The summed E-state index contributed by atoms with van der Waals surface area (Å²) in [5.74, 6) is -0.784. The Kier molecular flexibility index (Phi) is 5.69. The molecule has 1 heterocycles. The van der Waals surface area contributed by atoms with E-state index in [-0.39, 0.29) is 32.7 Å². The van der Waals surface area contributed by atoms with E-state index >= 15 is 0 Å². The van der Waals surface area contributed by atoms with Crippen LogP contribution in [0.15, 0.2) is 28.6 Å². The summed E-state index contributed by atoms with van der Waals surface area (Å²) < 4.78 is 26.9. The zero-order valence-corrected chi connectivity index (χ0v) is 15.4. The van der Waals surface area contributed by atoms with E-state index in [0.29, 0.717) is 11.3 Å². The summed E-state index contributed by atoms with van der Waals surface area (Å²) in [7, 11) is -4.05. The maximum Gasteiger partial charge on any atom is 0.291 e. The van der Waals surface area contributed by atoms with E-state index in [1.165, 1.54) is 19.1 Å². The van der Waals surface area contributed by atoms with Gasteiger partial charge in [-0.2, -0.15) is 8.42 Å². The summed E-state index contributed by atoms with van der Waals surface area (Å²) in [5, 5.41) is 12.3. The molecule has 9 nitrogen and oxygen atoms in total. The van der Waals surface area contributed by atoms with Gasteiger partial charge in [0.2, 0.25) is 11.0 Å². The largest absolute Gasteiger partial charge is 0.350 e. The molecule has 2 aromatic rings. The van der Waals surface area contributed by atoms with Crippen LogP contribution < -0.4 is 15.4 Å². The zero-order chi connectivity index (χ0) is 18.6. The van der Waals surface area contributed by atoms with Gasteiger partial charge in [0.1, 0.15) is 0 Å². The molecule has 3 N–H and O–H groups in total. The lowest BCUT2D eigenvalue weighted by Gasteiger charge is -2.13. The number of amides is 2. The Morgan fingerprint density at radius 1 is 1.16 bits per heavy atom. The van der Waals surface area contributed by atoms with Gasteiger partial charge in [-0.3, -0.25) is 14.3 Å². The number of rotatable bonds is 6. The van der Waals surface area contributed by atoms with Gasteiger partial charge in [-0.25, -0.2) is 0 Å². The number of nitrogens with one attached hydrogen (secondary N) is 3. The summed E-state index contributed by atoms with van der Waals surface area (Å²) in [6, 6.07) is 6.13. The van der Waals surface area contributed by atoms with Gasteiger partial charge in [-0.1, -0.05) is 23.5 Å². The van der Waals surface area contributed by atoms with Crippen molar-refractivity contribution in [1.29, 1.82) is 0 Å². The van der Waals surface area contributed by atoms with Crippen molar-refractivity contribution in [3.05, 3.63) is 29.8 Å². The molecule has 0 saturated heterocycles. The Morgan fingerprint density at radius 3 is 2.48 bits per heavy atom. The van der Waals surface area contributed by atoms with E-state index in [4.69, 9.17) is 0 Å². The monoisotopic (exact) mass is 383 g/mol. The van der Waals surface area contributed by atoms with Crippen LogP contribution in [0.5, 0.6) is 0 Å². The Hall–Kier alpha value is -2.53. The van der Waals surface area contributed by atoms with Crippen LogP contribution in [0, 0.1) is 0 Å². The predicted molar refractivity (Wildman–Crippen MR) is 94.1 cm³/mol. The summed E-state index contributed by atoms with van der Waals surface area (Å²) >= 11 is 0.707. The van der Waals surface area contributed by atoms with Crippen molar-refractivity contribution >= 4 is 44.0 Å². The second kappa shape index (κ2) is 7.57. The molecule has 11 heteroatoms. The van der Waals surface area contributed by atoms with Crippen molar-refractivity contribution < 1.29 is 18.0 Å². The summed E-state index contributed by atoms with van der Waals surface area (Å²) in [4.78, 5) is 23.2. The van der Waals surface area contributed by atoms with Crippen LogP contribution >= 0.6 is 11.3 Å². The molecule has 0 aliphatic heterocycles. The number of anilines is 2. The maximum atomic E-state index is 12.5. The van der Waals surface area contributed by atoms with E-state index in [9.17, 15) is 18.0 Å². The Labute approximate surface area is 148 Å². The van der Waals surface area contributed by atoms with Gasteiger partial charge < -0.3 is 10.6 Å². The average Bonchev–Trinajstić information content (AvgIpc) is 2.95. The van der Waals surface area contributed by atoms with Crippen molar-refractivity contribution in [3.63, 3.8) is 0 Å². The SMILES string of the molecule is CC(=O)Nc1nnc(S(=O)(=O)Nc2ccccc2C(=O)NC(C)C)s1. The third kappa shape index (κ3) is 4.97. The van der Waals surface area contributed by atoms with Gasteiger partial charge in [0.05, 0.1) is 11.3 Å². The first-order valence-corrected chi connectivity index (χ1v) is 9.53. The topological polar surface area (TPSA) is 130 Å². The number of hydrogen-bond acceptors (Lipinski definition) is 7. The van der Waals surface area contributed by atoms with E-state index in [1.54, 1.807) is 26.0 Å². The highest BCUT2D eigenvalue weighted by Gasteiger charge is 2.23. The number of hydrogen-bond donors (Lipinski definition) is 3. The molecule has 0 bridgehead atoms. The summed E-state index contributed by atoms with van der Waals surface area (Å²) in [6.45, 7) is 4.88. The van der Waals surface area contributed by atoms with Gasteiger partial charge >= 0.3 is 0 Å². The lowest BCUT2D eigenvalue weighted by molar-refractivity contribution is -0.114. The number of sulfonamides is 1. The molecule has 0 atom stereocenters. The highest BCUT2D eigenvalue weighted by molar-refractivity contribution is 7.94. The van der Waals surface area contributed by atoms with Crippen molar-refractivity contribution in [2.45, 2.75) is 31.2 Å². The number of carbonyl (C=O) groups excluding carboxylic acids is 2. The van der Waals surface area contributed by atoms with Crippen molar-refractivity contribution in [2.75, 3.05) is 10.0 Å². The molecule has 2 amide bonds. The standard InChI is InChI=1S/C14H17N5O4S2/c1-8(2)15-12(21)10-6-4-5-7-11(10)19-25(22,23)14-18-17-13(24-14)16-9(3)20/h4-8,19H,1-3H3,(H,15,21)(H,16,17,20). The first-order chi connectivity index (χ1) is 11.7. The van der Waals surface area contributed by atoms with E-state index in [0.717, 1.165) is 0 Å². The van der Waals surface area contributed by atoms with Gasteiger partial charge in [0.15, 0.2) is 0 Å². The van der Waals surface area contributed by atoms with Crippen molar-refractivity contribution in [2.24, 2.45) is 0 Å². The van der Waals surface area contributed by atoms with Crippen molar-refractivity contribution in [3.8, 4) is 0 Å². The molecular weight excluding hydrogens is 366 g/mol. The third-order valence-electron chi connectivity index (χ3n) is 2.76. The molecule has 0 fully saturated rings. The molecule has 1 aromatic carbocycles. The highest BCUT2D eigenvalue weighted by Crippen LogP contribution is 2.24. The molecule has 0 radical (unpaired) electrons. The fourth-order valence-electron chi connectivity index (χ4n) is 1.82. The van der Waals surface area contributed by atoms with Crippen LogP contribution in [-0.2, 0) is 14.8 Å². The van der Waals surface area contributed by atoms with Crippen molar-refractivity contribution in [1.82, 2.24) is 15.5 Å². The second-order valence-corrected chi connectivity index (χ2v) is 8.17. The Balaban J connectivity index is 2.28. The van der Waals surface area contributed by atoms with E-state index in [2.05, 4.69) is 25.6 Å². The molecule has 1 aromatic heterocycles. The van der Waals surface area contributed by atoms with Crippen LogP contribution in [0.4, 0.5) is 10.8 Å². The minimum Gasteiger partial charge on any atom is -0.350 e. The molecule has 25 heavy (non-hydrogen) atoms. The summed E-state index contributed by atoms with van der Waals surface area (Å²) in [5.41, 5.74) is 0.309. The van der Waals surface area contributed by atoms with Crippen LogP contribution in [-0.4, -0.2) is 36.5 Å². The fraction of sp³-hybridized carbons (Fsp3) is 0.286. The third-order valence-corrected chi connectivity index (χ3v) is 5.33. The predicted octanol–water partition coefficient (Wildman–Crippen LogP) is 1.44. The number of nitrogens with zero attached hydrogens (tertiary/aromatic N) is 2. The molecule has 2 rings (SSSR count).